The highest BCUT2D eigenvalue weighted by molar-refractivity contribution is 7.90. The zero-order valence-corrected chi connectivity index (χ0v) is 8.89. The SMILES string of the molecule is CCNC(=S)NCCS(C)(=O)=O. The minimum Gasteiger partial charge on any atom is -0.363 e. The highest BCUT2D eigenvalue weighted by Gasteiger charge is 2.01. The normalized spacial score (nSPS) is 10.8. The van der Waals surface area contributed by atoms with Crippen LogP contribution in [0.1, 0.15) is 6.92 Å². The van der Waals surface area contributed by atoms with Crippen LogP contribution in [0.15, 0.2) is 0 Å². The van der Waals surface area contributed by atoms with E-state index in [1.807, 2.05) is 6.92 Å². The summed E-state index contributed by atoms with van der Waals surface area (Å²) >= 11 is 4.82. The molecule has 0 aliphatic rings. The van der Waals surface area contributed by atoms with Crippen LogP contribution in [0.3, 0.4) is 0 Å². The first-order chi connectivity index (χ1) is 5.45. The maximum Gasteiger partial charge on any atom is 0.166 e. The Labute approximate surface area is 78.6 Å². The molecule has 0 spiro atoms. The summed E-state index contributed by atoms with van der Waals surface area (Å²) in [4.78, 5) is 0. The van der Waals surface area contributed by atoms with E-state index in [0.29, 0.717) is 11.7 Å². The summed E-state index contributed by atoms with van der Waals surface area (Å²) < 4.78 is 21.3. The fourth-order valence-electron chi connectivity index (χ4n) is 0.573. The van der Waals surface area contributed by atoms with Gasteiger partial charge in [0, 0.05) is 19.3 Å². The van der Waals surface area contributed by atoms with E-state index in [0.717, 1.165) is 6.54 Å². The van der Waals surface area contributed by atoms with E-state index < -0.39 is 9.84 Å². The van der Waals surface area contributed by atoms with Crippen LogP contribution in [0.5, 0.6) is 0 Å². The third-order valence-electron chi connectivity index (χ3n) is 1.10. The number of hydrogen-bond donors (Lipinski definition) is 2. The standard InChI is InChI=1S/C6H14N2O2S2/c1-3-7-6(11)8-4-5-12(2,9)10/h3-5H2,1-2H3,(H2,7,8,11). The Kier molecular flexibility index (Phi) is 5.16. The molecule has 0 amide bonds. The first kappa shape index (κ1) is 11.6. The van der Waals surface area contributed by atoms with Crippen LogP contribution < -0.4 is 10.6 Å². The van der Waals surface area contributed by atoms with Crippen molar-refractivity contribution in [3.8, 4) is 0 Å². The number of rotatable bonds is 4. The molecule has 12 heavy (non-hydrogen) atoms. The fourth-order valence-corrected chi connectivity index (χ4v) is 1.29. The van der Waals surface area contributed by atoms with Gasteiger partial charge < -0.3 is 10.6 Å². The molecule has 0 radical (unpaired) electrons. The summed E-state index contributed by atoms with van der Waals surface area (Å²) in [5.41, 5.74) is 0. The lowest BCUT2D eigenvalue weighted by molar-refractivity contribution is 0.600. The second-order valence-electron chi connectivity index (χ2n) is 2.42. The second-order valence-corrected chi connectivity index (χ2v) is 5.08. The molecule has 0 saturated carbocycles. The molecule has 0 bridgehead atoms. The molecule has 2 N–H and O–H groups in total. The second kappa shape index (κ2) is 5.31. The monoisotopic (exact) mass is 210 g/mol. The Morgan fingerprint density at radius 2 is 2.00 bits per heavy atom. The lowest BCUT2D eigenvalue weighted by Crippen LogP contribution is -2.37. The van der Waals surface area contributed by atoms with Crippen molar-refractivity contribution in [2.24, 2.45) is 0 Å². The number of nitrogens with one attached hydrogen (secondary N) is 2. The fraction of sp³-hybridized carbons (Fsp3) is 0.833. The number of sulfone groups is 1. The Hall–Kier alpha value is -0.360. The van der Waals surface area contributed by atoms with Crippen molar-refractivity contribution in [2.75, 3.05) is 25.1 Å². The van der Waals surface area contributed by atoms with Gasteiger partial charge in [0.25, 0.3) is 0 Å². The van der Waals surface area contributed by atoms with Crippen molar-refractivity contribution in [1.82, 2.24) is 10.6 Å². The Morgan fingerprint density at radius 1 is 1.42 bits per heavy atom. The maximum absolute atomic E-state index is 10.7. The molecule has 6 heteroatoms. The molecule has 0 unspecified atom stereocenters. The first-order valence-electron chi connectivity index (χ1n) is 3.65. The predicted octanol–water partition coefficient (Wildman–Crippen LogP) is -0.485. The summed E-state index contributed by atoms with van der Waals surface area (Å²) in [5, 5.41) is 6.14. The summed E-state index contributed by atoms with van der Waals surface area (Å²) in [6, 6.07) is 0. The third-order valence-corrected chi connectivity index (χ3v) is 2.33. The van der Waals surface area contributed by atoms with Crippen molar-refractivity contribution >= 4 is 27.2 Å². The van der Waals surface area contributed by atoms with Crippen LogP contribution in [0.25, 0.3) is 0 Å². The van der Waals surface area contributed by atoms with E-state index in [1.54, 1.807) is 0 Å². The topological polar surface area (TPSA) is 58.2 Å². The smallest absolute Gasteiger partial charge is 0.166 e. The van der Waals surface area contributed by atoms with E-state index in [4.69, 9.17) is 12.2 Å². The molecule has 72 valence electrons. The summed E-state index contributed by atoms with van der Waals surface area (Å²) in [6.45, 7) is 3.03. The lowest BCUT2D eigenvalue weighted by Gasteiger charge is -2.06. The molecular weight excluding hydrogens is 196 g/mol. The van der Waals surface area contributed by atoms with E-state index >= 15 is 0 Å². The maximum atomic E-state index is 10.7. The zero-order chi connectivity index (χ0) is 9.61. The zero-order valence-electron chi connectivity index (χ0n) is 7.25. The van der Waals surface area contributed by atoms with Crippen LogP contribution in [-0.2, 0) is 9.84 Å². The van der Waals surface area contributed by atoms with Gasteiger partial charge in [-0.15, -0.1) is 0 Å². The molecule has 0 heterocycles. The minimum absolute atomic E-state index is 0.110. The van der Waals surface area contributed by atoms with E-state index in [2.05, 4.69) is 10.6 Å². The van der Waals surface area contributed by atoms with Crippen molar-refractivity contribution in [2.45, 2.75) is 6.92 Å². The van der Waals surface area contributed by atoms with Gasteiger partial charge in [-0.25, -0.2) is 8.42 Å². The summed E-state index contributed by atoms with van der Waals surface area (Å²) in [7, 11) is -2.88. The molecule has 4 nitrogen and oxygen atoms in total. The highest BCUT2D eigenvalue weighted by Crippen LogP contribution is 1.79. The largest absolute Gasteiger partial charge is 0.363 e. The molecule has 0 rings (SSSR count). The molecule has 0 saturated heterocycles. The minimum atomic E-state index is -2.88. The predicted molar refractivity (Wildman–Crippen MR) is 54.0 cm³/mol. The molecular formula is C6H14N2O2S2. The molecule has 0 aromatic rings. The van der Waals surface area contributed by atoms with Crippen LogP contribution in [0, 0.1) is 0 Å². The Bertz CT molecular complexity index is 236. The van der Waals surface area contributed by atoms with E-state index in [9.17, 15) is 8.42 Å². The van der Waals surface area contributed by atoms with E-state index in [-0.39, 0.29) is 5.75 Å². The molecule has 0 atom stereocenters. The lowest BCUT2D eigenvalue weighted by atomic mass is 10.7. The van der Waals surface area contributed by atoms with Crippen molar-refractivity contribution < 1.29 is 8.42 Å². The van der Waals surface area contributed by atoms with Crippen LogP contribution in [0.4, 0.5) is 0 Å². The van der Waals surface area contributed by atoms with Crippen LogP contribution in [-0.4, -0.2) is 38.6 Å². The summed E-state index contributed by atoms with van der Waals surface area (Å²) in [6.07, 6.45) is 1.20. The van der Waals surface area contributed by atoms with E-state index in [1.165, 1.54) is 6.26 Å². The molecule has 0 aromatic heterocycles. The van der Waals surface area contributed by atoms with Gasteiger partial charge in [-0.3, -0.25) is 0 Å². The van der Waals surface area contributed by atoms with Gasteiger partial charge in [-0.05, 0) is 19.1 Å². The molecule has 0 fully saturated rings. The quantitative estimate of drug-likeness (QED) is 0.614. The van der Waals surface area contributed by atoms with Crippen LogP contribution >= 0.6 is 12.2 Å². The van der Waals surface area contributed by atoms with Crippen molar-refractivity contribution in [3.63, 3.8) is 0 Å². The van der Waals surface area contributed by atoms with Gasteiger partial charge in [-0.1, -0.05) is 0 Å². The summed E-state index contributed by atoms with van der Waals surface area (Å²) in [5.74, 6) is 0.110. The Balaban J connectivity index is 3.51. The Morgan fingerprint density at radius 3 is 2.42 bits per heavy atom. The van der Waals surface area contributed by atoms with Gasteiger partial charge in [0.2, 0.25) is 0 Å². The van der Waals surface area contributed by atoms with Gasteiger partial charge in [-0.2, -0.15) is 0 Å². The van der Waals surface area contributed by atoms with Gasteiger partial charge in [0.1, 0.15) is 9.84 Å². The third kappa shape index (κ3) is 7.74. The highest BCUT2D eigenvalue weighted by atomic mass is 32.2. The first-order valence-corrected chi connectivity index (χ1v) is 6.12. The van der Waals surface area contributed by atoms with Gasteiger partial charge >= 0.3 is 0 Å². The number of thiocarbonyl (C=S) groups is 1. The molecule has 0 aliphatic carbocycles. The van der Waals surface area contributed by atoms with Crippen LogP contribution in [0.2, 0.25) is 0 Å². The van der Waals surface area contributed by atoms with Crippen molar-refractivity contribution in [3.05, 3.63) is 0 Å². The van der Waals surface area contributed by atoms with Gasteiger partial charge in [0.15, 0.2) is 5.11 Å². The molecule has 0 aliphatic heterocycles. The number of hydrogen-bond acceptors (Lipinski definition) is 3. The van der Waals surface area contributed by atoms with Gasteiger partial charge in [0.05, 0.1) is 5.75 Å². The average Bonchev–Trinajstić information content (AvgIpc) is 1.84. The van der Waals surface area contributed by atoms with Crippen molar-refractivity contribution in [1.29, 1.82) is 0 Å². The molecule has 0 aromatic carbocycles. The average molecular weight is 210 g/mol.